The standard InChI is InChI=1S/C14H28O2/c1-12(2)8-10-16-14(4,5)9-6-7-13(3)11-15/h11-13H,6-10H2,1-5H3. The summed E-state index contributed by atoms with van der Waals surface area (Å²) in [5.41, 5.74) is -0.0442. The predicted molar refractivity (Wildman–Crippen MR) is 68.6 cm³/mol. The molecule has 0 aliphatic rings. The molecule has 0 aromatic heterocycles. The molecule has 0 bridgehead atoms. The largest absolute Gasteiger partial charge is 0.376 e. The number of hydrogen-bond donors (Lipinski definition) is 0. The van der Waals surface area contributed by atoms with E-state index in [9.17, 15) is 4.79 Å². The van der Waals surface area contributed by atoms with Gasteiger partial charge in [0.05, 0.1) is 5.60 Å². The van der Waals surface area contributed by atoms with Gasteiger partial charge in [0, 0.05) is 12.5 Å². The van der Waals surface area contributed by atoms with Crippen molar-refractivity contribution in [3.63, 3.8) is 0 Å². The molecule has 0 saturated heterocycles. The quantitative estimate of drug-likeness (QED) is 0.561. The Morgan fingerprint density at radius 1 is 1.19 bits per heavy atom. The van der Waals surface area contributed by atoms with Gasteiger partial charge < -0.3 is 9.53 Å². The van der Waals surface area contributed by atoms with Crippen molar-refractivity contribution in [3.05, 3.63) is 0 Å². The fourth-order valence-corrected chi connectivity index (χ4v) is 1.56. The Bertz CT molecular complexity index is 185. The third-order valence-electron chi connectivity index (χ3n) is 2.86. The summed E-state index contributed by atoms with van der Waals surface area (Å²) in [6.07, 6.45) is 5.22. The minimum Gasteiger partial charge on any atom is -0.376 e. The second-order valence-electron chi connectivity index (χ2n) is 5.80. The molecule has 0 aromatic rings. The second-order valence-corrected chi connectivity index (χ2v) is 5.80. The lowest BCUT2D eigenvalue weighted by Crippen LogP contribution is -2.25. The average molecular weight is 228 g/mol. The molecule has 1 unspecified atom stereocenters. The van der Waals surface area contributed by atoms with Crippen LogP contribution in [0.3, 0.4) is 0 Å². The van der Waals surface area contributed by atoms with Crippen LogP contribution in [0.5, 0.6) is 0 Å². The molecule has 0 amide bonds. The molecule has 0 heterocycles. The number of carbonyl (C=O) groups excluding carboxylic acids is 1. The third kappa shape index (κ3) is 8.90. The summed E-state index contributed by atoms with van der Waals surface area (Å²) in [4.78, 5) is 10.5. The van der Waals surface area contributed by atoms with Crippen LogP contribution in [-0.4, -0.2) is 18.5 Å². The molecule has 0 N–H and O–H groups in total. The summed E-state index contributed by atoms with van der Waals surface area (Å²) >= 11 is 0. The smallest absolute Gasteiger partial charge is 0.122 e. The number of rotatable bonds is 9. The van der Waals surface area contributed by atoms with Gasteiger partial charge in [-0.2, -0.15) is 0 Å². The Hall–Kier alpha value is -0.370. The molecule has 0 aromatic carbocycles. The van der Waals surface area contributed by atoms with Gasteiger partial charge >= 0.3 is 0 Å². The van der Waals surface area contributed by atoms with Crippen molar-refractivity contribution in [2.45, 2.75) is 65.9 Å². The van der Waals surface area contributed by atoms with Crippen molar-refractivity contribution >= 4 is 6.29 Å². The van der Waals surface area contributed by atoms with E-state index in [0.717, 1.165) is 38.6 Å². The molecule has 0 aliphatic heterocycles. The van der Waals surface area contributed by atoms with Gasteiger partial charge in [-0.25, -0.2) is 0 Å². The van der Waals surface area contributed by atoms with Crippen LogP contribution in [0.25, 0.3) is 0 Å². The van der Waals surface area contributed by atoms with E-state index in [1.165, 1.54) is 0 Å². The van der Waals surface area contributed by atoms with Gasteiger partial charge in [-0.05, 0) is 45.4 Å². The molecular weight excluding hydrogens is 200 g/mol. The highest BCUT2D eigenvalue weighted by molar-refractivity contribution is 5.52. The van der Waals surface area contributed by atoms with Crippen molar-refractivity contribution in [3.8, 4) is 0 Å². The lowest BCUT2D eigenvalue weighted by molar-refractivity contribution is -0.111. The molecule has 0 saturated carbocycles. The zero-order chi connectivity index (χ0) is 12.6. The van der Waals surface area contributed by atoms with Crippen LogP contribution < -0.4 is 0 Å². The zero-order valence-electron chi connectivity index (χ0n) is 11.6. The first kappa shape index (κ1) is 15.6. The molecule has 96 valence electrons. The third-order valence-corrected chi connectivity index (χ3v) is 2.86. The van der Waals surface area contributed by atoms with Crippen LogP contribution in [0.2, 0.25) is 0 Å². The predicted octanol–water partition coefficient (Wildman–Crippen LogP) is 3.83. The van der Waals surface area contributed by atoms with Gasteiger partial charge in [0.25, 0.3) is 0 Å². The maximum Gasteiger partial charge on any atom is 0.122 e. The first-order chi connectivity index (χ1) is 7.37. The highest BCUT2D eigenvalue weighted by Gasteiger charge is 2.18. The van der Waals surface area contributed by atoms with Crippen LogP contribution >= 0.6 is 0 Å². The highest BCUT2D eigenvalue weighted by Crippen LogP contribution is 2.20. The lowest BCUT2D eigenvalue weighted by Gasteiger charge is -2.26. The molecule has 2 nitrogen and oxygen atoms in total. The molecule has 2 heteroatoms. The molecule has 0 rings (SSSR count). The summed E-state index contributed by atoms with van der Waals surface area (Å²) in [5, 5.41) is 0. The zero-order valence-corrected chi connectivity index (χ0v) is 11.6. The van der Waals surface area contributed by atoms with Gasteiger partial charge in [0.15, 0.2) is 0 Å². The first-order valence-electron chi connectivity index (χ1n) is 6.46. The van der Waals surface area contributed by atoms with Crippen LogP contribution in [-0.2, 0) is 9.53 Å². The Kier molecular flexibility index (Phi) is 7.65. The Morgan fingerprint density at radius 3 is 2.31 bits per heavy atom. The van der Waals surface area contributed by atoms with Crippen LogP contribution in [0.15, 0.2) is 0 Å². The number of ether oxygens (including phenoxy) is 1. The molecule has 0 spiro atoms. The van der Waals surface area contributed by atoms with Crippen LogP contribution in [0.4, 0.5) is 0 Å². The van der Waals surface area contributed by atoms with Gasteiger partial charge in [0.2, 0.25) is 0 Å². The van der Waals surface area contributed by atoms with E-state index in [-0.39, 0.29) is 11.5 Å². The Balaban J connectivity index is 3.65. The summed E-state index contributed by atoms with van der Waals surface area (Å²) in [5.74, 6) is 0.886. The van der Waals surface area contributed by atoms with E-state index in [1.807, 2.05) is 6.92 Å². The number of aldehydes is 1. The van der Waals surface area contributed by atoms with Gasteiger partial charge in [-0.3, -0.25) is 0 Å². The Labute approximate surface area is 101 Å². The normalized spacial score (nSPS) is 14.1. The monoisotopic (exact) mass is 228 g/mol. The van der Waals surface area contributed by atoms with Crippen LogP contribution in [0.1, 0.15) is 60.3 Å². The maximum absolute atomic E-state index is 10.5. The summed E-state index contributed by atoms with van der Waals surface area (Å²) in [7, 11) is 0. The Morgan fingerprint density at radius 2 is 1.81 bits per heavy atom. The van der Waals surface area contributed by atoms with E-state index in [2.05, 4.69) is 27.7 Å². The van der Waals surface area contributed by atoms with Crippen molar-refractivity contribution in [1.29, 1.82) is 0 Å². The molecule has 1 atom stereocenters. The minimum absolute atomic E-state index is 0.0442. The highest BCUT2D eigenvalue weighted by atomic mass is 16.5. The second kappa shape index (κ2) is 7.83. The van der Waals surface area contributed by atoms with E-state index in [0.29, 0.717) is 5.92 Å². The van der Waals surface area contributed by atoms with Gasteiger partial charge in [-0.1, -0.05) is 20.8 Å². The van der Waals surface area contributed by atoms with Gasteiger partial charge in [0.1, 0.15) is 6.29 Å². The molecular formula is C14H28O2. The topological polar surface area (TPSA) is 26.3 Å². The van der Waals surface area contributed by atoms with E-state index >= 15 is 0 Å². The summed E-state index contributed by atoms with van der Waals surface area (Å²) in [6, 6.07) is 0. The minimum atomic E-state index is -0.0442. The van der Waals surface area contributed by atoms with Crippen LogP contribution in [0, 0.1) is 11.8 Å². The van der Waals surface area contributed by atoms with Gasteiger partial charge in [-0.15, -0.1) is 0 Å². The van der Waals surface area contributed by atoms with Crippen molar-refractivity contribution in [2.75, 3.05) is 6.61 Å². The lowest BCUT2D eigenvalue weighted by atomic mass is 9.97. The summed E-state index contributed by atoms with van der Waals surface area (Å²) < 4.78 is 5.87. The first-order valence-corrected chi connectivity index (χ1v) is 6.46. The van der Waals surface area contributed by atoms with Crippen molar-refractivity contribution < 1.29 is 9.53 Å². The summed E-state index contributed by atoms with van der Waals surface area (Å²) in [6.45, 7) is 11.5. The molecule has 16 heavy (non-hydrogen) atoms. The van der Waals surface area contributed by atoms with E-state index in [4.69, 9.17) is 4.74 Å². The molecule has 0 aliphatic carbocycles. The van der Waals surface area contributed by atoms with E-state index < -0.39 is 0 Å². The van der Waals surface area contributed by atoms with Crippen molar-refractivity contribution in [1.82, 2.24) is 0 Å². The fraction of sp³-hybridized carbons (Fsp3) is 0.929. The average Bonchev–Trinajstić information content (AvgIpc) is 2.16. The number of carbonyl (C=O) groups is 1. The van der Waals surface area contributed by atoms with Crippen molar-refractivity contribution in [2.24, 2.45) is 11.8 Å². The molecule has 0 radical (unpaired) electrons. The fourth-order valence-electron chi connectivity index (χ4n) is 1.56. The maximum atomic E-state index is 10.5. The van der Waals surface area contributed by atoms with E-state index in [1.54, 1.807) is 0 Å². The number of hydrogen-bond acceptors (Lipinski definition) is 2. The molecule has 0 fully saturated rings. The SMILES string of the molecule is CC(C)CCOC(C)(C)CCCC(C)C=O.